The zero-order chi connectivity index (χ0) is 22.2. The van der Waals surface area contributed by atoms with E-state index in [1.54, 1.807) is 17.9 Å². The van der Waals surface area contributed by atoms with Crippen molar-refractivity contribution in [3.63, 3.8) is 0 Å². The molecular formula is C20H20F3N5O2S. The van der Waals surface area contributed by atoms with Crippen molar-refractivity contribution in [2.45, 2.75) is 19.1 Å². The Hall–Kier alpha value is -2.92. The number of carbonyl (C=O) groups excluding carboxylic acids is 1. The van der Waals surface area contributed by atoms with Gasteiger partial charge < -0.3 is 20.7 Å². The fourth-order valence-electron chi connectivity index (χ4n) is 3.38. The number of amides is 1. The number of halogens is 3. The molecule has 164 valence electrons. The molecule has 1 aliphatic rings. The van der Waals surface area contributed by atoms with Crippen LogP contribution in [0.25, 0.3) is 10.2 Å². The van der Waals surface area contributed by atoms with Gasteiger partial charge in [-0.15, -0.1) is 11.3 Å². The van der Waals surface area contributed by atoms with Crippen LogP contribution in [0.4, 0.5) is 24.7 Å². The first-order valence-corrected chi connectivity index (χ1v) is 10.4. The molecule has 4 rings (SSSR count). The Kier molecular flexibility index (Phi) is 5.71. The van der Waals surface area contributed by atoms with Gasteiger partial charge >= 0.3 is 6.18 Å². The fraction of sp³-hybridized carbons (Fsp3) is 0.350. The number of nitrogens with zero attached hydrogens (tertiary/aromatic N) is 3. The lowest BCUT2D eigenvalue weighted by molar-refractivity contribution is -0.137. The van der Waals surface area contributed by atoms with E-state index >= 15 is 0 Å². The molecule has 0 saturated carbocycles. The maximum Gasteiger partial charge on any atom is 0.416 e. The van der Waals surface area contributed by atoms with E-state index in [-0.39, 0.29) is 11.6 Å². The second kappa shape index (κ2) is 8.31. The Morgan fingerprint density at radius 2 is 1.97 bits per heavy atom. The molecule has 1 aromatic carbocycles. The summed E-state index contributed by atoms with van der Waals surface area (Å²) in [6.45, 7) is 3.77. The molecule has 0 aliphatic carbocycles. The van der Waals surface area contributed by atoms with E-state index in [2.05, 4.69) is 15.3 Å². The summed E-state index contributed by atoms with van der Waals surface area (Å²) >= 11 is 1.25. The molecule has 1 aliphatic heterocycles. The second-order valence-corrected chi connectivity index (χ2v) is 8.24. The second-order valence-electron chi connectivity index (χ2n) is 7.21. The minimum atomic E-state index is -4.49. The topological polar surface area (TPSA) is 93.4 Å². The zero-order valence-electron chi connectivity index (χ0n) is 16.6. The molecule has 7 nitrogen and oxygen atoms in total. The maximum atomic E-state index is 13.1. The zero-order valence-corrected chi connectivity index (χ0v) is 17.4. The van der Waals surface area contributed by atoms with Crippen LogP contribution in [-0.4, -0.2) is 47.1 Å². The van der Waals surface area contributed by atoms with Crippen molar-refractivity contribution in [3.05, 3.63) is 46.6 Å². The highest BCUT2D eigenvalue weighted by atomic mass is 32.1. The minimum Gasteiger partial charge on any atom is -0.399 e. The number of nitrogens with two attached hydrogens (primary N) is 1. The summed E-state index contributed by atoms with van der Waals surface area (Å²) < 4.78 is 44.7. The number of anilines is 2. The fourth-order valence-corrected chi connectivity index (χ4v) is 4.34. The molecule has 3 N–H and O–H groups in total. The van der Waals surface area contributed by atoms with E-state index < -0.39 is 17.8 Å². The van der Waals surface area contributed by atoms with Gasteiger partial charge in [-0.1, -0.05) is 0 Å². The lowest BCUT2D eigenvalue weighted by Gasteiger charge is -2.26. The first-order valence-electron chi connectivity index (χ1n) is 9.58. The Morgan fingerprint density at radius 3 is 2.68 bits per heavy atom. The minimum absolute atomic E-state index is 0.0280. The molecule has 0 unspecified atom stereocenters. The van der Waals surface area contributed by atoms with Crippen LogP contribution in [0.15, 0.2) is 30.6 Å². The Morgan fingerprint density at radius 1 is 1.23 bits per heavy atom. The largest absolute Gasteiger partial charge is 0.416 e. The number of thiophene rings is 1. The number of nitrogen functional groups attached to an aromatic ring is 1. The third kappa shape index (κ3) is 4.57. The van der Waals surface area contributed by atoms with Crippen LogP contribution in [0, 0.1) is 0 Å². The number of benzene rings is 1. The van der Waals surface area contributed by atoms with Crippen LogP contribution in [-0.2, 0) is 10.9 Å². The predicted molar refractivity (Wildman–Crippen MR) is 112 cm³/mol. The molecule has 3 heterocycles. The molecule has 2 aromatic heterocycles. The van der Waals surface area contributed by atoms with E-state index in [4.69, 9.17) is 10.5 Å². The smallest absolute Gasteiger partial charge is 0.399 e. The molecule has 0 radical (unpaired) electrons. The van der Waals surface area contributed by atoms with Crippen molar-refractivity contribution in [2.75, 3.05) is 37.4 Å². The quantitative estimate of drug-likeness (QED) is 0.584. The molecule has 1 amide bonds. The lowest BCUT2D eigenvalue weighted by atomic mass is 10.0. The summed E-state index contributed by atoms with van der Waals surface area (Å²) in [6, 6.07) is 4.66. The number of morpholine rings is 1. The summed E-state index contributed by atoms with van der Waals surface area (Å²) in [7, 11) is 0. The monoisotopic (exact) mass is 451 g/mol. The molecule has 11 heteroatoms. The third-order valence-electron chi connectivity index (χ3n) is 5.00. The Balaban J connectivity index is 1.61. The van der Waals surface area contributed by atoms with Crippen LogP contribution >= 0.6 is 11.3 Å². The van der Waals surface area contributed by atoms with Gasteiger partial charge in [0.15, 0.2) is 0 Å². The number of rotatable bonds is 4. The van der Waals surface area contributed by atoms with Crippen molar-refractivity contribution >= 4 is 39.0 Å². The van der Waals surface area contributed by atoms with Crippen molar-refractivity contribution < 1.29 is 22.7 Å². The summed E-state index contributed by atoms with van der Waals surface area (Å²) in [4.78, 5) is 24.1. The molecule has 1 atom stereocenters. The highest BCUT2D eigenvalue weighted by Crippen LogP contribution is 2.35. The number of hydrogen-bond donors (Lipinski definition) is 2. The van der Waals surface area contributed by atoms with Gasteiger partial charge in [-0.05, 0) is 36.8 Å². The van der Waals surface area contributed by atoms with E-state index in [1.165, 1.54) is 23.7 Å². The number of aromatic nitrogens is 2. The number of ether oxygens (including phenoxy) is 1. The molecule has 0 spiro atoms. The maximum absolute atomic E-state index is 13.1. The predicted octanol–water partition coefficient (Wildman–Crippen LogP) is 3.94. The third-order valence-corrected chi connectivity index (χ3v) is 6.03. The molecular weight excluding hydrogens is 431 g/mol. The summed E-state index contributed by atoms with van der Waals surface area (Å²) in [5, 5.41) is 3.76. The van der Waals surface area contributed by atoms with Gasteiger partial charge in [-0.3, -0.25) is 4.79 Å². The van der Waals surface area contributed by atoms with Gasteiger partial charge in [0, 0.05) is 18.8 Å². The number of carbonyl (C=O) groups is 1. The standard InChI is InChI=1S/C20H20F3N5O2S/c1-11(12-6-13(20(21,22)23)8-14(24)7-12)27-17-15-9-16(31-18(15)26-10-25-17)19(29)28-2-4-30-5-3-28/h6-11H,2-5,24H2,1H3,(H,25,26,27)/t11-/m1/s1. The van der Waals surface area contributed by atoms with Crippen LogP contribution in [0.2, 0.25) is 0 Å². The highest BCUT2D eigenvalue weighted by Gasteiger charge is 2.31. The van der Waals surface area contributed by atoms with Gasteiger partial charge in [-0.25, -0.2) is 9.97 Å². The van der Waals surface area contributed by atoms with Gasteiger partial charge in [-0.2, -0.15) is 13.2 Å². The van der Waals surface area contributed by atoms with Crippen molar-refractivity contribution in [3.8, 4) is 0 Å². The van der Waals surface area contributed by atoms with Crippen LogP contribution in [0.1, 0.15) is 33.8 Å². The van der Waals surface area contributed by atoms with E-state index in [1.807, 2.05) is 0 Å². The SMILES string of the molecule is C[C@@H](Nc1ncnc2sc(C(=O)N3CCOCC3)cc12)c1cc(N)cc(C(F)(F)F)c1. The molecule has 1 fully saturated rings. The first-order chi connectivity index (χ1) is 14.7. The van der Waals surface area contributed by atoms with E-state index in [9.17, 15) is 18.0 Å². The van der Waals surface area contributed by atoms with Crippen LogP contribution in [0.3, 0.4) is 0 Å². The number of nitrogens with one attached hydrogen (secondary N) is 1. The van der Waals surface area contributed by atoms with Crippen molar-refractivity contribution in [1.29, 1.82) is 0 Å². The normalized spacial score (nSPS) is 15.8. The van der Waals surface area contributed by atoms with Gasteiger partial charge in [0.25, 0.3) is 5.91 Å². The number of fused-ring (bicyclic) bond motifs is 1. The average molecular weight is 451 g/mol. The van der Waals surface area contributed by atoms with Crippen LogP contribution in [0.5, 0.6) is 0 Å². The summed E-state index contributed by atoms with van der Waals surface area (Å²) in [5.41, 5.74) is 5.28. The van der Waals surface area contributed by atoms with Crippen molar-refractivity contribution in [2.24, 2.45) is 0 Å². The summed E-state index contributed by atoms with van der Waals surface area (Å²) in [6.07, 6.45) is -3.13. The average Bonchev–Trinajstić information content (AvgIpc) is 3.18. The summed E-state index contributed by atoms with van der Waals surface area (Å²) in [5.74, 6) is 0.335. The molecule has 31 heavy (non-hydrogen) atoms. The molecule has 3 aromatic rings. The van der Waals surface area contributed by atoms with E-state index in [0.29, 0.717) is 52.8 Å². The van der Waals surface area contributed by atoms with Crippen molar-refractivity contribution in [1.82, 2.24) is 14.9 Å². The Bertz CT molecular complexity index is 1110. The number of hydrogen-bond acceptors (Lipinski definition) is 7. The Labute approximate surface area is 180 Å². The lowest BCUT2D eigenvalue weighted by Crippen LogP contribution is -2.40. The number of alkyl halides is 3. The molecule has 1 saturated heterocycles. The molecule has 0 bridgehead atoms. The first kappa shape index (κ1) is 21.3. The van der Waals surface area contributed by atoms with Gasteiger partial charge in [0.2, 0.25) is 0 Å². The van der Waals surface area contributed by atoms with E-state index in [0.717, 1.165) is 12.1 Å². The highest BCUT2D eigenvalue weighted by molar-refractivity contribution is 7.20. The van der Waals surface area contributed by atoms with Gasteiger partial charge in [0.05, 0.1) is 35.1 Å². The van der Waals surface area contributed by atoms with Crippen LogP contribution < -0.4 is 11.1 Å². The van der Waals surface area contributed by atoms with Gasteiger partial charge in [0.1, 0.15) is 17.0 Å².